The van der Waals surface area contributed by atoms with E-state index >= 15 is 0 Å². The molecule has 0 spiro atoms. The molecule has 1 aliphatic rings. The second-order valence-electron chi connectivity index (χ2n) is 4.00. The lowest BCUT2D eigenvalue weighted by atomic mass is 9.68. The highest BCUT2D eigenvalue weighted by atomic mass is 16.5. The van der Waals surface area contributed by atoms with Crippen LogP contribution < -0.4 is 5.32 Å². The number of ether oxygens (including phenoxy) is 1. The van der Waals surface area contributed by atoms with E-state index < -0.39 is 11.4 Å². The Morgan fingerprint density at radius 1 is 1.53 bits per heavy atom. The predicted octanol–water partition coefficient (Wildman–Crippen LogP) is 0.392. The number of hydrogen-bond acceptors (Lipinski definition) is 3. The minimum atomic E-state index is -1.17. The average Bonchev–Trinajstić information content (AvgIpc) is 2.11. The fourth-order valence-electron chi connectivity index (χ4n) is 1.56. The van der Waals surface area contributed by atoms with Crippen molar-refractivity contribution in [3.05, 3.63) is 0 Å². The van der Waals surface area contributed by atoms with Crippen molar-refractivity contribution < 1.29 is 19.4 Å². The molecule has 86 valence electrons. The van der Waals surface area contributed by atoms with Gasteiger partial charge in [0, 0.05) is 13.7 Å². The molecule has 0 bridgehead atoms. The quantitative estimate of drug-likeness (QED) is 0.650. The molecule has 0 heterocycles. The standard InChI is InChI=1S/C10H17NO4/c1-7(15-2)6-11-8(12)10(9(13)14)4-3-5-10/h7H,3-6H2,1-2H3,(H,11,12)(H,13,14). The van der Waals surface area contributed by atoms with Crippen LogP contribution in [0, 0.1) is 5.41 Å². The van der Waals surface area contributed by atoms with Gasteiger partial charge in [0.25, 0.3) is 0 Å². The van der Waals surface area contributed by atoms with Crippen molar-refractivity contribution in [1.82, 2.24) is 5.32 Å². The first kappa shape index (κ1) is 12.0. The highest BCUT2D eigenvalue weighted by molar-refractivity contribution is 6.02. The number of carbonyl (C=O) groups excluding carboxylic acids is 1. The third kappa shape index (κ3) is 2.28. The molecule has 1 amide bonds. The number of nitrogens with one attached hydrogen (secondary N) is 1. The summed E-state index contributed by atoms with van der Waals surface area (Å²) in [5, 5.41) is 11.6. The smallest absolute Gasteiger partial charge is 0.319 e. The van der Waals surface area contributed by atoms with Gasteiger partial charge >= 0.3 is 5.97 Å². The van der Waals surface area contributed by atoms with Crippen LogP contribution in [-0.2, 0) is 14.3 Å². The summed E-state index contributed by atoms with van der Waals surface area (Å²) in [5.74, 6) is -1.40. The molecule has 15 heavy (non-hydrogen) atoms. The molecule has 1 atom stereocenters. The highest BCUT2D eigenvalue weighted by Crippen LogP contribution is 2.41. The van der Waals surface area contributed by atoms with Gasteiger partial charge in [-0.15, -0.1) is 0 Å². The van der Waals surface area contributed by atoms with Gasteiger partial charge < -0.3 is 15.2 Å². The molecule has 1 saturated carbocycles. The normalized spacial score (nSPS) is 20.1. The lowest BCUT2D eigenvalue weighted by molar-refractivity contribution is -0.162. The van der Waals surface area contributed by atoms with Crippen molar-refractivity contribution in [3.63, 3.8) is 0 Å². The van der Waals surface area contributed by atoms with E-state index in [2.05, 4.69) is 5.32 Å². The predicted molar refractivity (Wildman–Crippen MR) is 53.4 cm³/mol. The molecule has 0 radical (unpaired) electrons. The van der Waals surface area contributed by atoms with Gasteiger partial charge in [0.05, 0.1) is 6.10 Å². The molecule has 2 N–H and O–H groups in total. The van der Waals surface area contributed by atoms with Crippen molar-refractivity contribution in [2.75, 3.05) is 13.7 Å². The van der Waals surface area contributed by atoms with E-state index in [1.807, 2.05) is 6.92 Å². The number of carboxylic acid groups (broad SMARTS) is 1. The van der Waals surface area contributed by atoms with Crippen molar-refractivity contribution in [3.8, 4) is 0 Å². The summed E-state index contributed by atoms with van der Waals surface area (Å²) in [6.07, 6.45) is 1.59. The van der Waals surface area contributed by atoms with Crippen molar-refractivity contribution in [2.45, 2.75) is 32.3 Å². The van der Waals surface area contributed by atoms with Gasteiger partial charge in [-0.3, -0.25) is 9.59 Å². The number of aliphatic carboxylic acids is 1. The van der Waals surface area contributed by atoms with Gasteiger partial charge in [-0.05, 0) is 19.8 Å². The Morgan fingerprint density at radius 2 is 2.13 bits per heavy atom. The number of rotatable bonds is 5. The van der Waals surface area contributed by atoms with E-state index in [1.165, 1.54) is 0 Å². The van der Waals surface area contributed by atoms with Gasteiger partial charge in [0.2, 0.25) is 5.91 Å². The third-order valence-electron chi connectivity index (χ3n) is 3.00. The zero-order chi connectivity index (χ0) is 11.5. The fraction of sp³-hybridized carbons (Fsp3) is 0.800. The Morgan fingerprint density at radius 3 is 2.47 bits per heavy atom. The number of amides is 1. The SMILES string of the molecule is COC(C)CNC(=O)C1(C(=O)O)CCC1. The van der Waals surface area contributed by atoms with Crippen LogP contribution in [0.2, 0.25) is 0 Å². The minimum Gasteiger partial charge on any atom is -0.480 e. The summed E-state index contributed by atoms with van der Waals surface area (Å²) < 4.78 is 4.96. The third-order valence-corrected chi connectivity index (χ3v) is 3.00. The molecule has 1 unspecified atom stereocenters. The molecule has 1 rings (SSSR count). The van der Waals surface area contributed by atoms with Gasteiger partial charge in [-0.2, -0.15) is 0 Å². The molecule has 0 aromatic rings. The lowest BCUT2D eigenvalue weighted by Crippen LogP contribution is -2.52. The summed E-state index contributed by atoms with van der Waals surface area (Å²) in [4.78, 5) is 22.6. The van der Waals surface area contributed by atoms with E-state index in [0.29, 0.717) is 19.4 Å². The van der Waals surface area contributed by atoms with Crippen molar-refractivity contribution in [1.29, 1.82) is 0 Å². The first-order chi connectivity index (χ1) is 7.03. The second-order valence-corrected chi connectivity index (χ2v) is 4.00. The summed E-state index contributed by atoms with van der Waals surface area (Å²) >= 11 is 0. The van der Waals surface area contributed by atoms with Crippen LogP contribution in [0.25, 0.3) is 0 Å². The van der Waals surface area contributed by atoms with E-state index in [1.54, 1.807) is 7.11 Å². The van der Waals surface area contributed by atoms with Crippen molar-refractivity contribution >= 4 is 11.9 Å². The topological polar surface area (TPSA) is 75.6 Å². The van der Waals surface area contributed by atoms with Gasteiger partial charge in [-0.25, -0.2) is 0 Å². The summed E-state index contributed by atoms with van der Waals surface area (Å²) in [7, 11) is 1.55. The number of carbonyl (C=O) groups is 2. The molecule has 0 aliphatic heterocycles. The number of methoxy groups -OCH3 is 1. The van der Waals surface area contributed by atoms with Crippen LogP contribution in [-0.4, -0.2) is 36.7 Å². The first-order valence-electron chi connectivity index (χ1n) is 5.07. The first-order valence-corrected chi connectivity index (χ1v) is 5.07. The number of hydrogen-bond donors (Lipinski definition) is 2. The van der Waals surface area contributed by atoms with Crippen LogP contribution in [0.3, 0.4) is 0 Å². The van der Waals surface area contributed by atoms with Crippen LogP contribution in [0.5, 0.6) is 0 Å². The maximum atomic E-state index is 11.7. The van der Waals surface area contributed by atoms with E-state index in [4.69, 9.17) is 9.84 Å². The van der Waals surface area contributed by atoms with Gasteiger partial charge in [0.1, 0.15) is 5.41 Å². The van der Waals surface area contributed by atoms with E-state index in [0.717, 1.165) is 6.42 Å². The average molecular weight is 215 g/mol. The van der Waals surface area contributed by atoms with Crippen molar-refractivity contribution in [2.24, 2.45) is 5.41 Å². The molecule has 0 aromatic heterocycles. The second kappa shape index (κ2) is 4.61. The van der Waals surface area contributed by atoms with Gasteiger partial charge in [0.15, 0.2) is 0 Å². The minimum absolute atomic E-state index is 0.0973. The molecule has 1 aliphatic carbocycles. The van der Waals surface area contributed by atoms with Gasteiger partial charge in [-0.1, -0.05) is 6.42 Å². The Labute approximate surface area is 88.8 Å². The molecule has 5 heteroatoms. The maximum Gasteiger partial charge on any atom is 0.319 e. The van der Waals surface area contributed by atoms with E-state index in [9.17, 15) is 9.59 Å². The Balaban J connectivity index is 2.48. The number of carboxylic acids is 1. The van der Waals surface area contributed by atoms with Crippen LogP contribution in [0.15, 0.2) is 0 Å². The molecule has 5 nitrogen and oxygen atoms in total. The molecular formula is C10H17NO4. The lowest BCUT2D eigenvalue weighted by Gasteiger charge is -2.36. The molecular weight excluding hydrogens is 198 g/mol. The Hall–Kier alpha value is -1.10. The van der Waals surface area contributed by atoms with Crippen LogP contribution >= 0.6 is 0 Å². The molecule has 0 aromatic carbocycles. The van der Waals surface area contributed by atoms with Crippen LogP contribution in [0.1, 0.15) is 26.2 Å². The monoisotopic (exact) mass is 215 g/mol. The summed E-state index contributed by atoms with van der Waals surface area (Å²) in [6, 6.07) is 0. The summed E-state index contributed by atoms with van der Waals surface area (Å²) in [5.41, 5.74) is -1.17. The molecule has 0 saturated heterocycles. The maximum absolute atomic E-state index is 11.7. The summed E-state index contributed by atoms with van der Waals surface area (Å²) in [6.45, 7) is 2.17. The fourth-order valence-corrected chi connectivity index (χ4v) is 1.56. The largest absolute Gasteiger partial charge is 0.480 e. The highest BCUT2D eigenvalue weighted by Gasteiger charge is 2.51. The molecule has 1 fully saturated rings. The zero-order valence-electron chi connectivity index (χ0n) is 9.08. The zero-order valence-corrected chi connectivity index (χ0v) is 9.08. The van der Waals surface area contributed by atoms with E-state index in [-0.39, 0.29) is 12.0 Å². The Bertz CT molecular complexity index is 260. The van der Waals surface area contributed by atoms with Crippen LogP contribution in [0.4, 0.5) is 0 Å². The Kier molecular flexibility index (Phi) is 3.68.